The van der Waals surface area contributed by atoms with Gasteiger partial charge in [0, 0.05) is 37.4 Å². The molecule has 1 rings (SSSR count). The molecule has 0 radical (unpaired) electrons. The number of aliphatic hydroxyl groups is 1. The second-order valence-corrected chi connectivity index (χ2v) is 5.04. The monoisotopic (exact) mass is 253 g/mol. The highest BCUT2D eigenvalue weighted by molar-refractivity contribution is 5.48. The molecule has 0 aromatic heterocycles. The fourth-order valence-corrected chi connectivity index (χ4v) is 1.34. The van der Waals surface area contributed by atoms with Gasteiger partial charge in [-0.15, -0.1) is 0 Å². The maximum Gasteiger partial charge on any atom is 0.121 e. The molecule has 0 aliphatic rings. The number of nitrogens with one attached hydrogen (secondary N) is 1. The molecule has 102 valence electrons. The third-order valence-electron chi connectivity index (χ3n) is 2.59. The van der Waals surface area contributed by atoms with E-state index < -0.39 is 0 Å². The molecule has 0 bridgehead atoms. The SMILES string of the molecule is COCCOc1cccc(NCC(C)(C)CO)c1. The van der Waals surface area contributed by atoms with Crippen molar-refractivity contribution in [1.82, 2.24) is 0 Å². The first-order valence-corrected chi connectivity index (χ1v) is 6.14. The molecular weight excluding hydrogens is 230 g/mol. The fraction of sp³-hybridized carbons (Fsp3) is 0.571. The van der Waals surface area contributed by atoms with E-state index in [4.69, 9.17) is 9.47 Å². The third kappa shape index (κ3) is 5.38. The van der Waals surface area contributed by atoms with Crippen LogP contribution in [-0.2, 0) is 4.74 Å². The summed E-state index contributed by atoms with van der Waals surface area (Å²) in [5.74, 6) is 0.818. The van der Waals surface area contributed by atoms with Crippen molar-refractivity contribution in [2.24, 2.45) is 5.41 Å². The second kappa shape index (κ2) is 7.24. The van der Waals surface area contributed by atoms with Gasteiger partial charge in [0.25, 0.3) is 0 Å². The molecule has 4 nitrogen and oxygen atoms in total. The van der Waals surface area contributed by atoms with Gasteiger partial charge in [-0.3, -0.25) is 0 Å². The number of hydrogen-bond donors (Lipinski definition) is 2. The van der Waals surface area contributed by atoms with Gasteiger partial charge in [0.1, 0.15) is 12.4 Å². The van der Waals surface area contributed by atoms with Gasteiger partial charge in [-0.1, -0.05) is 19.9 Å². The Morgan fingerprint density at radius 3 is 2.72 bits per heavy atom. The molecule has 2 N–H and O–H groups in total. The predicted molar refractivity (Wildman–Crippen MR) is 73.2 cm³/mol. The minimum absolute atomic E-state index is 0.132. The Kier molecular flexibility index (Phi) is 5.95. The van der Waals surface area contributed by atoms with E-state index in [-0.39, 0.29) is 12.0 Å². The molecule has 0 heterocycles. The van der Waals surface area contributed by atoms with Gasteiger partial charge in [-0.25, -0.2) is 0 Å². The molecule has 4 heteroatoms. The number of anilines is 1. The van der Waals surface area contributed by atoms with Crippen molar-refractivity contribution in [3.05, 3.63) is 24.3 Å². The lowest BCUT2D eigenvalue weighted by molar-refractivity contribution is 0.146. The fourth-order valence-electron chi connectivity index (χ4n) is 1.34. The summed E-state index contributed by atoms with van der Waals surface area (Å²) in [7, 11) is 1.65. The van der Waals surface area contributed by atoms with Crippen LogP contribution in [0.4, 0.5) is 5.69 Å². The normalized spacial score (nSPS) is 11.3. The zero-order valence-corrected chi connectivity index (χ0v) is 11.4. The Hall–Kier alpha value is -1.26. The Bertz CT molecular complexity index is 353. The zero-order valence-electron chi connectivity index (χ0n) is 11.4. The van der Waals surface area contributed by atoms with Crippen LogP contribution in [0.1, 0.15) is 13.8 Å². The Morgan fingerprint density at radius 1 is 1.28 bits per heavy atom. The molecule has 18 heavy (non-hydrogen) atoms. The lowest BCUT2D eigenvalue weighted by atomic mass is 9.95. The summed E-state index contributed by atoms with van der Waals surface area (Å²) in [4.78, 5) is 0. The van der Waals surface area contributed by atoms with E-state index >= 15 is 0 Å². The van der Waals surface area contributed by atoms with E-state index in [0.29, 0.717) is 19.8 Å². The van der Waals surface area contributed by atoms with Gasteiger partial charge in [-0.05, 0) is 12.1 Å². The minimum atomic E-state index is -0.132. The van der Waals surface area contributed by atoms with Crippen LogP contribution in [0, 0.1) is 5.41 Å². The predicted octanol–water partition coefficient (Wildman–Crippen LogP) is 2.14. The number of ether oxygens (including phenoxy) is 2. The lowest BCUT2D eigenvalue weighted by Crippen LogP contribution is -2.26. The second-order valence-electron chi connectivity index (χ2n) is 5.04. The van der Waals surface area contributed by atoms with Crippen LogP contribution >= 0.6 is 0 Å². The molecule has 0 saturated carbocycles. The number of benzene rings is 1. The molecule has 0 spiro atoms. The van der Waals surface area contributed by atoms with Gasteiger partial charge in [-0.2, -0.15) is 0 Å². The highest BCUT2D eigenvalue weighted by Crippen LogP contribution is 2.20. The first-order valence-electron chi connectivity index (χ1n) is 6.14. The van der Waals surface area contributed by atoms with E-state index in [1.54, 1.807) is 7.11 Å². The minimum Gasteiger partial charge on any atom is -0.491 e. The van der Waals surface area contributed by atoms with Crippen LogP contribution in [-0.4, -0.2) is 38.6 Å². The maximum absolute atomic E-state index is 9.19. The van der Waals surface area contributed by atoms with Crippen LogP contribution in [0.15, 0.2) is 24.3 Å². The Morgan fingerprint density at radius 2 is 2.06 bits per heavy atom. The molecule has 0 unspecified atom stereocenters. The Labute approximate surface area is 109 Å². The van der Waals surface area contributed by atoms with Crippen molar-refractivity contribution in [2.75, 3.05) is 38.8 Å². The van der Waals surface area contributed by atoms with Gasteiger partial charge >= 0.3 is 0 Å². The Balaban J connectivity index is 2.49. The average molecular weight is 253 g/mol. The van der Waals surface area contributed by atoms with Crippen molar-refractivity contribution >= 4 is 5.69 Å². The van der Waals surface area contributed by atoms with Crippen molar-refractivity contribution < 1.29 is 14.6 Å². The van der Waals surface area contributed by atoms with Crippen molar-refractivity contribution in [3.8, 4) is 5.75 Å². The van der Waals surface area contributed by atoms with Crippen molar-refractivity contribution in [2.45, 2.75) is 13.8 Å². The highest BCUT2D eigenvalue weighted by atomic mass is 16.5. The van der Waals surface area contributed by atoms with Crippen LogP contribution in [0.25, 0.3) is 0 Å². The molecular formula is C14H23NO3. The molecule has 0 amide bonds. The van der Waals surface area contributed by atoms with E-state index in [0.717, 1.165) is 11.4 Å². The number of rotatable bonds is 8. The standard InChI is InChI=1S/C14H23NO3/c1-14(2,11-16)10-15-12-5-4-6-13(9-12)18-8-7-17-3/h4-6,9,15-16H,7-8,10-11H2,1-3H3. The smallest absolute Gasteiger partial charge is 0.121 e. The van der Waals surface area contributed by atoms with E-state index in [1.807, 2.05) is 38.1 Å². The van der Waals surface area contributed by atoms with Gasteiger partial charge in [0.2, 0.25) is 0 Å². The first-order chi connectivity index (χ1) is 8.57. The number of hydrogen-bond acceptors (Lipinski definition) is 4. The van der Waals surface area contributed by atoms with Crippen molar-refractivity contribution in [3.63, 3.8) is 0 Å². The topological polar surface area (TPSA) is 50.7 Å². The molecule has 0 atom stereocenters. The zero-order chi connectivity index (χ0) is 13.4. The van der Waals surface area contributed by atoms with Crippen LogP contribution in [0.2, 0.25) is 0 Å². The summed E-state index contributed by atoms with van der Waals surface area (Å²) in [5, 5.41) is 12.5. The average Bonchev–Trinajstić information content (AvgIpc) is 2.38. The van der Waals surface area contributed by atoms with Crippen LogP contribution in [0.5, 0.6) is 5.75 Å². The van der Waals surface area contributed by atoms with E-state index in [1.165, 1.54) is 0 Å². The molecule has 0 aliphatic carbocycles. The van der Waals surface area contributed by atoms with E-state index in [2.05, 4.69) is 5.32 Å². The molecule has 0 aliphatic heterocycles. The van der Waals surface area contributed by atoms with E-state index in [9.17, 15) is 5.11 Å². The van der Waals surface area contributed by atoms with Gasteiger partial charge in [0.05, 0.1) is 6.61 Å². The number of methoxy groups -OCH3 is 1. The maximum atomic E-state index is 9.19. The molecule has 1 aromatic rings. The summed E-state index contributed by atoms with van der Waals surface area (Å²) in [6.07, 6.45) is 0. The first kappa shape index (κ1) is 14.8. The van der Waals surface area contributed by atoms with Crippen molar-refractivity contribution in [1.29, 1.82) is 0 Å². The van der Waals surface area contributed by atoms with Gasteiger partial charge < -0.3 is 19.9 Å². The third-order valence-corrected chi connectivity index (χ3v) is 2.59. The van der Waals surface area contributed by atoms with Crippen LogP contribution < -0.4 is 10.1 Å². The molecule has 1 aromatic carbocycles. The van der Waals surface area contributed by atoms with Crippen LogP contribution in [0.3, 0.4) is 0 Å². The summed E-state index contributed by atoms with van der Waals surface area (Å²) in [6, 6.07) is 7.79. The molecule has 0 saturated heterocycles. The quantitative estimate of drug-likeness (QED) is 0.697. The summed E-state index contributed by atoms with van der Waals surface area (Å²) in [5.41, 5.74) is 0.860. The highest BCUT2D eigenvalue weighted by Gasteiger charge is 2.15. The summed E-state index contributed by atoms with van der Waals surface area (Å²) in [6.45, 7) is 6.02. The lowest BCUT2D eigenvalue weighted by Gasteiger charge is -2.22. The molecule has 0 fully saturated rings. The summed E-state index contributed by atoms with van der Waals surface area (Å²) >= 11 is 0. The van der Waals surface area contributed by atoms with Gasteiger partial charge in [0.15, 0.2) is 0 Å². The largest absolute Gasteiger partial charge is 0.491 e. The summed E-state index contributed by atoms with van der Waals surface area (Å²) < 4.78 is 10.5. The number of aliphatic hydroxyl groups excluding tert-OH is 1.